The molecule has 1 atom stereocenters. The van der Waals surface area contributed by atoms with Gasteiger partial charge in [-0.05, 0) is 42.0 Å². The molecular formula is C20H24N2. The predicted molar refractivity (Wildman–Crippen MR) is 91.3 cm³/mol. The summed E-state index contributed by atoms with van der Waals surface area (Å²) in [4.78, 5) is 2.68. The molecule has 1 heterocycles. The molecule has 2 heteroatoms. The Morgan fingerprint density at radius 3 is 2.55 bits per heavy atom. The fourth-order valence-corrected chi connectivity index (χ4v) is 3.96. The largest absolute Gasteiger partial charge is 0.314 e. The van der Waals surface area contributed by atoms with Crippen molar-refractivity contribution in [1.82, 2.24) is 10.2 Å². The van der Waals surface area contributed by atoms with Gasteiger partial charge in [-0.25, -0.2) is 0 Å². The second kappa shape index (κ2) is 5.86. The van der Waals surface area contributed by atoms with Crippen LogP contribution in [0, 0.1) is 6.92 Å². The maximum Gasteiger partial charge on any atom is 0.0392 e. The van der Waals surface area contributed by atoms with Crippen molar-refractivity contribution in [1.29, 1.82) is 0 Å². The average molecular weight is 292 g/mol. The molecule has 0 saturated carbocycles. The quantitative estimate of drug-likeness (QED) is 0.869. The van der Waals surface area contributed by atoms with Gasteiger partial charge in [0.15, 0.2) is 0 Å². The number of piperazine rings is 1. The van der Waals surface area contributed by atoms with E-state index in [1.165, 1.54) is 22.3 Å². The molecule has 0 radical (unpaired) electrons. The number of nitrogens with zero attached hydrogens (tertiary/aromatic N) is 1. The highest BCUT2D eigenvalue weighted by atomic mass is 15.2. The van der Waals surface area contributed by atoms with Crippen LogP contribution >= 0.6 is 0 Å². The molecule has 1 aliphatic carbocycles. The molecule has 1 N–H and O–H groups in total. The summed E-state index contributed by atoms with van der Waals surface area (Å²) in [5.41, 5.74) is 7.48. The second-order valence-corrected chi connectivity index (χ2v) is 6.65. The van der Waals surface area contributed by atoms with E-state index in [0.717, 1.165) is 39.0 Å². The van der Waals surface area contributed by atoms with Crippen molar-refractivity contribution in [2.45, 2.75) is 25.8 Å². The lowest BCUT2D eigenvalue weighted by atomic mass is 9.94. The Hall–Kier alpha value is -1.64. The van der Waals surface area contributed by atoms with Crippen LogP contribution in [-0.2, 0) is 12.8 Å². The Labute approximate surface area is 133 Å². The van der Waals surface area contributed by atoms with Gasteiger partial charge < -0.3 is 5.32 Å². The first-order valence-corrected chi connectivity index (χ1v) is 8.42. The highest BCUT2D eigenvalue weighted by Gasteiger charge is 2.27. The number of rotatable bonds is 1. The Morgan fingerprint density at radius 2 is 1.73 bits per heavy atom. The fourth-order valence-electron chi connectivity index (χ4n) is 3.96. The number of benzene rings is 2. The van der Waals surface area contributed by atoms with Crippen LogP contribution in [0.3, 0.4) is 0 Å². The van der Waals surface area contributed by atoms with E-state index in [1.54, 1.807) is 5.56 Å². The zero-order valence-electron chi connectivity index (χ0n) is 13.3. The van der Waals surface area contributed by atoms with E-state index in [4.69, 9.17) is 0 Å². The van der Waals surface area contributed by atoms with Crippen molar-refractivity contribution in [3.63, 3.8) is 0 Å². The highest BCUT2D eigenvalue weighted by molar-refractivity contribution is 5.43. The molecular weight excluding hydrogens is 268 g/mol. The maximum atomic E-state index is 3.48. The van der Waals surface area contributed by atoms with E-state index in [0.29, 0.717) is 6.04 Å². The molecule has 2 aromatic carbocycles. The molecule has 0 spiro atoms. The van der Waals surface area contributed by atoms with Gasteiger partial charge in [-0.2, -0.15) is 0 Å². The summed E-state index contributed by atoms with van der Waals surface area (Å²) in [5, 5.41) is 3.48. The van der Waals surface area contributed by atoms with E-state index >= 15 is 0 Å². The van der Waals surface area contributed by atoms with Crippen molar-refractivity contribution in [3.8, 4) is 0 Å². The Morgan fingerprint density at radius 1 is 0.955 bits per heavy atom. The third-order valence-electron chi connectivity index (χ3n) is 5.17. The number of hydrogen-bond donors (Lipinski definition) is 1. The Kier molecular flexibility index (Phi) is 3.73. The third-order valence-corrected chi connectivity index (χ3v) is 5.17. The van der Waals surface area contributed by atoms with E-state index < -0.39 is 0 Å². The number of fused-ring (bicyclic) bond motifs is 2. The summed E-state index contributed by atoms with van der Waals surface area (Å²) in [6.45, 7) is 6.74. The smallest absolute Gasteiger partial charge is 0.0392 e. The summed E-state index contributed by atoms with van der Waals surface area (Å²) >= 11 is 0. The van der Waals surface area contributed by atoms with Gasteiger partial charge in [0, 0.05) is 32.2 Å². The third kappa shape index (κ3) is 2.57. The number of aryl methyl sites for hydroxylation is 1. The molecule has 22 heavy (non-hydrogen) atoms. The van der Waals surface area contributed by atoms with Gasteiger partial charge in [0.05, 0.1) is 0 Å². The summed E-state index contributed by atoms with van der Waals surface area (Å²) in [7, 11) is 0. The van der Waals surface area contributed by atoms with Gasteiger partial charge >= 0.3 is 0 Å². The maximum absolute atomic E-state index is 3.48. The molecule has 1 aliphatic heterocycles. The molecule has 2 aromatic rings. The fraction of sp³-hybridized carbons (Fsp3) is 0.400. The first-order valence-electron chi connectivity index (χ1n) is 8.42. The molecule has 1 unspecified atom stereocenters. The van der Waals surface area contributed by atoms with Crippen molar-refractivity contribution >= 4 is 0 Å². The first-order chi connectivity index (χ1) is 10.8. The van der Waals surface area contributed by atoms with E-state index in [-0.39, 0.29) is 0 Å². The van der Waals surface area contributed by atoms with Gasteiger partial charge in [-0.15, -0.1) is 0 Å². The Balaban J connectivity index is 1.80. The van der Waals surface area contributed by atoms with Crippen LogP contribution in [0.15, 0.2) is 42.5 Å². The zero-order chi connectivity index (χ0) is 14.9. The van der Waals surface area contributed by atoms with Crippen molar-refractivity contribution < 1.29 is 0 Å². The molecule has 114 valence electrons. The zero-order valence-corrected chi connectivity index (χ0v) is 13.3. The lowest BCUT2D eigenvalue weighted by Gasteiger charge is -2.35. The van der Waals surface area contributed by atoms with Gasteiger partial charge in [0.25, 0.3) is 0 Å². The summed E-state index contributed by atoms with van der Waals surface area (Å²) in [6, 6.07) is 16.6. The number of nitrogens with one attached hydrogen (secondary N) is 1. The van der Waals surface area contributed by atoms with Crippen LogP contribution in [0.25, 0.3) is 0 Å². The van der Waals surface area contributed by atoms with Crippen molar-refractivity contribution in [2.24, 2.45) is 0 Å². The highest BCUT2D eigenvalue weighted by Crippen LogP contribution is 2.34. The molecule has 4 rings (SSSR count). The van der Waals surface area contributed by atoms with E-state index in [2.05, 4.69) is 59.6 Å². The first kappa shape index (κ1) is 14.0. The van der Waals surface area contributed by atoms with Crippen LogP contribution in [0.4, 0.5) is 0 Å². The topological polar surface area (TPSA) is 15.3 Å². The molecule has 2 aliphatic rings. The molecule has 0 bridgehead atoms. The molecule has 0 aromatic heterocycles. The molecule has 1 fully saturated rings. The second-order valence-electron chi connectivity index (χ2n) is 6.65. The predicted octanol–water partition coefficient (Wildman–Crippen LogP) is 3.09. The van der Waals surface area contributed by atoms with Crippen LogP contribution in [-0.4, -0.2) is 31.1 Å². The van der Waals surface area contributed by atoms with Gasteiger partial charge in [-0.3, -0.25) is 4.90 Å². The standard InChI is InChI=1S/C20H24N2/c1-15-6-7-18-13-16-4-2-3-5-17(16)14-20(19(18)12-15)22-10-8-21-9-11-22/h2-7,12,20-21H,8-11,13-14H2,1H3. The van der Waals surface area contributed by atoms with E-state index in [1.807, 2.05) is 0 Å². The lowest BCUT2D eigenvalue weighted by molar-refractivity contribution is 0.172. The van der Waals surface area contributed by atoms with Crippen molar-refractivity contribution in [2.75, 3.05) is 26.2 Å². The summed E-state index contributed by atoms with van der Waals surface area (Å²) in [6.07, 6.45) is 2.22. The van der Waals surface area contributed by atoms with Crippen LogP contribution in [0.1, 0.15) is 33.9 Å². The minimum Gasteiger partial charge on any atom is -0.314 e. The summed E-state index contributed by atoms with van der Waals surface area (Å²) in [5.74, 6) is 0. The monoisotopic (exact) mass is 292 g/mol. The van der Waals surface area contributed by atoms with Gasteiger partial charge in [0.2, 0.25) is 0 Å². The SMILES string of the molecule is Cc1ccc2c(c1)C(N1CCNCC1)Cc1ccccc1C2. The minimum atomic E-state index is 0.528. The van der Waals surface area contributed by atoms with Gasteiger partial charge in [0.1, 0.15) is 0 Å². The average Bonchev–Trinajstić information content (AvgIpc) is 2.72. The normalized spacial score (nSPS) is 21.8. The molecule has 2 nitrogen and oxygen atoms in total. The molecule has 0 amide bonds. The van der Waals surface area contributed by atoms with Gasteiger partial charge in [-0.1, -0.05) is 48.0 Å². The minimum absolute atomic E-state index is 0.528. The summed E-state index contributed by atoms with van der Waals surface area (Å²) < 4.78 is 0. The van der Waals surface area contributed by atoms with Crippen molar-refractivity contribution in [3.05, 3.63) is 70.3 Å². The van der Waals surface area contributed by atoms with Crippen LogP contribution in [0.5, 0.6) is 0 Å². The number of hydrogen-bond acceptors (Lipinski definition) is 2. The van der Waals surface area contributed by atoms with Crippen LogP contribution in [0.2, 0.25) is 0 Å². The molecule has 1 saturated heterocycles. The van der Waals surface area contributed by atoms with Crippen LogP contribution < -0.4 is 5.32 Å². The Bertz CT molecular complexity index is 671. The van der Waals surface area contributed by atoms with E-state index in [9.17, 15) is 0 Å². The lowest BCUT2D eigenvalue weighted by Crippen LogP contribution is -2.45.